The lowest BCUT2D eigenvalue weighted by molar-refractivity contribution is -0.144. The second kappa shape index (κ2) is 6.66. The lowest BCUT2D eigenvalue weighted by atomic mass is 10.0. The summed E-state index contributed by atoms with van der Waals surface area (Å²) in [7, 11) is 2.76. The van der Waals surface area contributed by atoms with Crippen LogP contribution < -0.4 is 4.74 Å². The normalized spacial score (nSPS) is 12.2. The fourth-order valence-electron chi connectivity index (χ4n) is 2.06. The maximum atomic E-state index is 12.3. The molecule has 1 heterocycles. The topological polar surface area (TPSA) is 72.8 Å². The average molecular weight is 387 g/mol. The molecule has 5 nitrogen and oxygen atoms in total. The molecular formula is C15H15BrO5S. The van der Waals surface area contributed by atoms with Crippen molar-refractivity contribution >= 4 is 49.1 Å². The number of carbonyl (C=O) groups excluding carboxylic acids is 2. The van der Waals surface area contributed by atoms with E-state index in [1.165, 1.54) is 25.6 Å². The van der Waals surface area contributed by atoms with Gasteiger partial charge in [-0.25, -0.2) is 0 Å². The van der Waals surface area contributed by atoms with Crippen molar-refractivity contribution in [2.75, 3.05) is 14.2 Å². The number of hydrogen-bond donors (Lipinski definition) is 1. The number of aromatic hydroxyl groups is 1. The number of hydrogen-bond acceptors (Lipinski definition) is 6. The summed E-state index contributed by atoms with van der Waals surface area (Å²) in [5.41, 5.74) is 0. The third-order valence-corrected chi connectivity index (χ3v) is 5.22. The maximum Gasteiger partial charge on any atom is 0.308 e. The number of benzene rings is 1. The van der Waals surface area contributed by atoms with Gasteiger partial charge in [-0.05, 0) is 22.0 Å². The number of ether oxygens (including phenoxy) is 2. The Labute approximate surface area is 140 Å². The quantitative estimate of drug-likeness (QED) is 0.625. The van der Waals surface area contributed by atoms with E-state index in [1.807, 2.05) is 0 Å². The number of rotatable bonds is 5. The van der Waals surface area contributed by atoms with E-state index in [4.69, 9.17) is 4.74 Å². The Morgan fingerprint density at radius 3 is 2.64 bits per heavy atom. The van der Waals surface area contributed by atoms with Gasteiger partial charge in [0.25, 0.3) is 0 Å². The van der Waals surface area contributed by atoms with Gasteiger partial charge in [-0.3, -0.25) is 9.59 Å². The largest absolute Gasteiger partial charge is 0.503 e. The van der Waals surface area contributed by atoms with Crippen molar-refractivity contribution in [1.29, 1.82) is 0 Å². The highest BCUT2D eigenvalue weighted by Gasteiger charge is 2.21. The molecule has 7 heteroatoms. The molecule has 1 N–H and O–H groups in total. The van der Waals surface area contributed by atoms with E-state index in [0.717, 1.165) is 10.1 Å². The molecule has 0 amide bonds. The summed E-state index contributed by atoms with van der Waals surface area (Å²) >= 11 is 4.61. The highest BCUT2D eigenvalue weighted by molar-refractivity contribution is 9.10. The monoisotopic (exact) mass is 386 g/mol. The Morgan fingerprint density at radius 1 is 1.36 bits per heavy atom. The molecule has 118 valence electrons. The Balaban J connectivity index is 2.35. The third-order valence-electron chi connectivity index (χ3n) is 3.29. The van der Waals surface area contributed by atoms with Crippen LogP contribution in [0.2, 0.25) is 0 Å². The Kier molecular flexibility index (Phi) is 5.08. The van der Waals surface area contributed by atoms with Gasteiger partial charge in [-0.2, -0.15) is 0 Å². The minimum atomic E-state index is -0.492. The van der Waals surface area contributed by atoms with Crippen molar-refractivity contribution in [2.45, 2.75) is 13.3 Å². The van der Waals surface area contributed by atoms with Crippen molar-refractivity contribution in [3.05, 3.63) is 21.5 Å². The summed E-state index contributed by atoms with van der Waals surface area (Å²) in [5, 5.41) is 10.7. The predicted octanol–water partition coefficient (Wildman–Crippen LogP) is 3.76. The molecule has 1 unspecified atom stereocenters. The third kappa shape index (κ3) is 3.10. The number of esters is 1. The first-order chi connectivity index (χ1) is 10.4. The highest BCUT2D eigenvalue weighted by Crippen LogP contribution is 2.43. The van der Waals surface area contributed by atoms with Gasteiger partial charge < -0.3 is 14.6 Å². The molecular weight excluding hydrogens is 372 g/mol. The molecule has 1 atom stereocenters. The van der Waals surface area contributed by atoms with Crippen LogP contribution in [0.3, 0.4) is 0 Å². The molecule has 0 bridgehead atoms. The zero-order valence-electron chi connectivity index (χ0n) is 12.3. The van der Waals surface area contributed by atoms with E-state index in [-0.39, 0.29) is 18.0 Å². The first-order valence-electron chi connectivity index (χ1n) is 6.49. The smallest absolute Gasteiger partial charge is 0.308 e. The van der Waals surface area contributed by atoms with E-state index in [2.05, 4.69) is 20.7 Å². The molecule has 1 aromatic carbocycles. The van der Waals surface area contributed by atoms with Crippen LogP contribution in [0.5, 0.6) is 11.5 Å². The van der Waals surface area contributed by atoms with Gasteiger partial charge in [-0.15, -0.1) is 11.3 Å². The number of thiophene rings is 1. The number of carbonyl (C=O) groups is 2. The Morgan fingerprint density at radius 2 is 2.05 bits per heavy atom. The van der Waals surface area contributed by atoms with Crippen LogP contribution in [-0.2, 0) is 9.53 Å². The van der Waals surface area contributed by atoms with E-state index in [0.29, 0.717) is 15.1 Å². The number of ketones is 1. The van der Waals surface area contributed by atoms with E-state index < -0.39 is 11.9 Å². The molecule has 22 heavy (non-hydrogen) atoms. The zero-order valence-corrected chi connectivity index (χ0v) is 14.7. The average Bonchev–Trinajstić information content (AvgIpc) is 2.94. The van der Waals surface area contributed by atoms with E-state index >= 15 is 0 Å². The van der Waals surface area contributed by atoms with Gasteiger partial charge in [0.15, 0.2) is 17.3 Å². The van der Waals surface area contributed by atoms with Gasteiger partial charge in [0.05, 0.1) is 29.5 Å². The molecule has 0 aliphatic carbocycles. The van der Waals surface area contributed by atoms with Crippen LogP contribution in [0, 0.1) is 5.92 Å². The molecule has 0 fully saturated rings. The van der Waals surface area contributed by atoms with Crippen molar-refractivity contribution in [3.63, 3.8) is 0 Å². The van der Waals surface area contributed by atoms with E-state index in [1.54, 1.807) is 19.1 Å². The molecule has 0 saturated carbocycles. The molecule has 0 spiro atoms. The lowest BCUT2D eigenvalue weighted by Crippen LogP contribution is -2.16. The molecule has 2 rings (SSSR count). The standard InChI is InChI=1S/C15H15BrO5S/c1-7(15(19)21-3)4-9(17)12-5-8-11(22-12)6-10(20-2)14(18)13(8)16/h5-7,18H,4H2,1-3H3. The van der Waals surface area contributed by atoms with Crippen LogP contribution >= 0.6 is 27.3 Å². The van der Waals surface area contributed by atoms with Gasteiger partial charge in [0.1, 0.15) is 0 Å². The number of phenolic OH excluding ortho intramolecular Hbond substituents is 1. The molecule has 0 aliphatic rings. The van der Waals surface area contributed by atoms with Crippen LogP contribution in [-0.4, -0.2) is 31.1 Å². The summed E-state index contributed by atoms with van der Waals surface area (Å²) in [5.74, 6) is -0.702. The summed E-state index contributed by atoms with van der Waals surface area (Å²) < 4.78 is 11.0. The van der Waals surface area contributed by atoms with Crippen LogP contribution in [0.15, 0.2) is 16.6 Å². The van der Waals surface area contributed by atoms with Crippen LogP contribution in [0.25, 0.3) is 10.1 Å². The summed E-state index contributed by atoms with van der Waals surface area (Å²) in [6, 6.07) is 3.39. The molecule has 0 radical (unpaired) electrons. The fourth-order valence-corrected chi connectivity index (χ4v) is 3.77. The number of methoxy groups -OCH3 is 2. The number of Topliss-reactive ketones (excluding diaryl/α,β-unsaturated/α-hetero) is 1. The maximum absolute atomic E-state index is 12.3. The first-order valence-corrected chi connectivity index (χ1v) is 8.10. The Hall–Kier alpha value is -1.60. The molecule has 1 aromatic heterocycles. The number of halogens is 1. The second-order valence-electron chi connectivity index (χ2n) is 4.82. The fraction of sp³-hybridized carbons (Fsp3) is 0.333. The zero-order chi connectivity index (χ0) is 16.4. The lowest BCUT2D eigenvalue weighted by Gasteiger charge is -2.06. The van der Waals surface area contributed by atoms with Crippen molar-refractivity contribution < 1.29 is 24.2 Å². The minimum absolute atomic E-state index is 0.00488. The predicted molar refractivity (Wildman–Crippen MR) is 87.9 cm³/mol. The van der Waals surface area contributed by atoms with Gasteiger partial charge in [-0.1, -0.05) is 6.92 Å². The van der Waals surface area contributed by atoms with Crippen LogP contribution in [0.4, 0.5) is 0 Å². The van der Waals surface area contributed by atoms with Crippen molar-refractivity contribution in [3.8, 4) is 11.5 Å². The Bertz CT molecular complexity index is 737. The van der Waals surface area contributed by atoms with Gasteiger partial charge in [0, 0.05) is 22.6 Å². The second-order valence-corrected chi connectivity index (χ2v) is 6.69. The summed E-state index contributed by atoms with van der Waals surface area (Å²) in [6.45, 7) is 1.65. The van der Waals surface area contributed by atoms with Gasteiger partial charge in [0.2, 0.25) is 0 Å². The first kappa shape index (κ1) is 16.8. The highest BCUT2D eigenvalue weighted by atomic mass is 79.9. The minimum Gasteiger partial charge on any atom is -0.503 e. The summed E-state index contributed by atoms with van der Waals surface area (Å²) in [4.78, 5) is 24.2. The molecule has 0 saturated heterocycles. The molecule has 2 aromatic rings. The van der Waals surface area contributed by atoms with Crippen molar-refractivity contribution in [2.24, 2.45) is 5.92 Å². The SMILES string of the molecule is COC(=O)C(C)CC(=O)c1cc2c(Br)c(O)c(OC)cc2s1. The van der Waals surface area contributed by atoms with Gasteiger partial charge >= 0.3 is 5.97 Å². The van der Waals surface area contributed by atoms with Crippen LogP contribution in [0.1, 0.15) is 23.0 Å². The number of phenols is 1. The van der Waals surface area contributed by atoms with E-state index in [9.17, 15) is 14.7 Å². The molecule has 0 aliphatic heterocycles. The summed E-state index contributed by atoms with van der Waals surface area (Å²) in [6.07, 6.45) is 0.0836. The van der Waals surface area contributed by atoms with Crippen molar-refractivity contribution in [1.82, 2.24) is 0 Å². The number of fused-ring (bicyclic) bond motifs is 1.